The number of carbonyl (C=O) groups is 1. The second-order valence-corrected chi connectivity index (χ2v) is 8.52. The summed E-state index contributed by atoms with van der Waals surface area (Å²) in [6, 6.07) is 19.1. The molecule has 0 atom stereocenters. The van der Waals surface area contributed by atoms with E-state index in [4.69, 9.17) is 19.5 Å². The minimum Gasteiger partial charge on any atom is -0.486 e. The SMILES string of the molecule is N#Cc1ccc(COC(=O)c2ccccc2NS(=O)(=O)c2ccc3c(c2)OCCO3)cc1. The molecule has 0 radical (unpaired) electrons. The Morgan fingerprint density at radius 1 is 1.00 bits per heavy atom. The number of nitriles is 1. The fourth-order valence-electron chi connectivity index (χ4n) is 3.05. The molecule has 8 nitrogen and oxygen atoms in total. The molecule has 0 saturated carbocycles. The van der Waals surface area contributed by atoms with Gasteiger partial charge in [-0.15, -0.1) is 0 Å². The number of ether oxygens (including phenoxy) is 3. The van der Waals surface area contributed by atoms with E-state index in [2.05, 4.69) is 4.72 Å². The maximum Gasteiger partial charge on any atom is 0.340 e. The van der Waals surface area contributed by atoms with E-state index >= 15 is 0 Å². The normalized spacial score (nSPS) is 12.5. The Kier molecular flexibility index (Phi) is 5.96. The van der Waals surface area contributed by atoms with Crippen molar-refractivity contribution in [2.24, 2.45) is 0 Å². The van der Waals surface area contributed by atoms with Crippen molar-refractivity contribution >= 4 is 21.7 Å². The number of anilines is 1. The van der Waals surface area contributed by atoms with E-state index in [1.165, 1.54) is 30.3 Å². The van der Waals surface area contributed by atoms with Crippen molar-refractivity contribution in [3.63, 3.8) is 0 Å². The van der Waals surface area contributed by atoms with Gasteiger partial charge in [0.2, 0.25) is 0 Å². The number of nitrogens with zero attached hydrogens (tertiary/aromatic N) is 1. The predicted molar refractivity (Wildman–Crippen MR) is 115 cm³/mol. The molecule has 0 aromatic heterocycles. The quantitative estimate of drug-likeness (QED) is 0.572. The molecular formula is C23H18N2O6S. The lowest BCUT2D eigenvalue weighted by atomic mass is 10.1. The molecule has 9 heteroatoms. The highest BCUT2D eigenvalue weighted by Crippen LogP contribution is 2.33. The van der Waals surface area contributed by atoms with Crippen LogP contribution in [0.25, 0.3) is 0 Å². The topological polar surface area (TPSA) is 115 Å². The number of hydrogen-bond acceptors (Lipinski definition) is 7. The standard InChI is InChI=1S/C23H18N2O6S/c24-14-16-5-7-17(8-6-16)15-31-23(26)19-3-1-2-4-20(19)25-32(27,28)18-9-10-21-22(13-18)30-12-11-29-21/h1-10,13,25H,11-12,15H2. The number of rotatable bonds is 6. The first-order valence-electron chi connectivity index (χ1n) is 9.64. The van der Waals surface area contributed by atoms with Crippen molar-refractivity contribution in [1.82, 2.24) is 0 Å². The average molecular weight is 450 g/mol. The Bertz CT molecular complexity index is 1300. The molecule has 3 aromatic rings. The van der Waals surface area contributed by atoms with E-state index in [1.54, 1.807) is 36.4 Å². The molecule has 0 spiro atoms. The molecule has 0 bridgehead atoms. The number of benzene rings is 3. The van der Waals surface area contributed by atoms with Gasteiger partial charge in [0, 0.05) is 6.07 Å². The Hall–Kier alpha value is -4.03. The summed E-state index contributed by atoms with van der Waals surface area (Å²) in [5.74, 6) is 0.131. The maximum absolute atomic E-state index is 12.9. The Balaban J connectivity index is 1.51. The molecule has 1 heterocycles. The molecule has 0 unspecified atom stereocenters. The third-order valence-electron chi connectivity index (χ3n) is 4.67. The van der Waals surface area contributed by atoms with Crippen LogP contribution in [0, 0.1) is 11.3 Å². The zero-order chi connectivity index (χ0) is 22.6. The molecular weight excluding hydrogens is 432 g/mol. The largest absolute Gasteiger partial charge is 0.486 e. The molecule has 1 aliphatic heterocycles. The Morgan fingerprint density at radius 3 is 2.47 bits per heavy atom. The van der Waals surface area contributed by atoms with Crippen LogP contribution in [0.2, 0.25) is 0 Å². The van der Waals surface area contributed by atoms with E-state index in [1.807, 2.05) is 6.07 Å². The number of esters is 1. The molecule has 4 rings (SSSR count). The smallest absolute Gasteiger partial charge is 0.340 e. The lowest BCUT2D eigenvalue weighted by Crippen LogP contribution is -2.18. The summed E-state index contributed by atoms with van der Waals surface area (Å²) in [7, 11) is -4.00. The molecule has 162 valence electrons. The fraction of sp³-hybridized carbons (Fsp3) is 0.130. The zero-order valence-electron chi connectivity index (χ0n) is 16.8. The first kappa shape index (κ1) is 21.2. The monoisotopic (exact) mass is 450 g/mol. The average Bonchev–Trinajstić information content (AvgIpc) is 2.82. The van der Waals surface area contributed by atoms with E-state index in [0.29, 0.717) is 35.8 Å². The second kappa shape index (κ2) is 8.99. The van der Waals surface area contributed by atoms with E-state index < -0.39 is 16.0 Å². The minimum absolute atomic E-state index is 0.0201. The van der Waals surface area contributed by atoms with Gasteiger partial charge in [0.15, 0.2) is 11.5 Å². The second-order valence-electron chi connectivity index (χ2n) is 6.84. The van der Waals surface area contributed by atoms with Crippen molar-refractivity contribution in [2.45, 2.75) is 11.5 Å². The highest BCUT2D eigenvalue weighted by atomic mass is 32.2. The van der Waals surface area contributed by atoms with Crippen molar-refractivity contribution in [3.05, 3.63) is 83.4 Å². The lowest BCUT2D eigenvalue weighted by molar-refractivity contribution is 0.0474. The first-order chi connectivity index (χ1) is 15.5. The van der Waals surface area contributed by atoms with Crippen molar-refractivity contribution in [2.75, 3.05) is 17.9 Å². The lowest BCUT2D eigenvalue weighted by Gasteiger charge is -2.19. The van der Waals surface area contributed by atoms with Crippen LogP contribution in [0.1, 0.15) is 21.5 Å². The van der Waals surface area contributed by atoms with Gasteiger partial charge in [-0.05, 0) is 42.0 Å². The van der Waals surface area contributed by atoms with Gasteiger partial charge in [-0.25, -0.2) is 13.2 Å². The van der Waals surface area contributed by atoms with Gasteiger partial charge in [0.25, 0.3) is 10.0 Å². The van der Waals surface area contributed by atoms with Crippen LogP contribution in [0.5, 0.6) is 11.5 Å². The summed E-state index contributed by atoms with van der Waals surface area (Å²) < 4.78 is 44.5. The van der Waals surface area contributed by atoms with Crippen molar-refractivity contribution < 1.29 is 27.4 Å². The van der Waals surface area contributed by atoms with Gasteiger partial charge in [-0.2, -0.15) is 5.26 Å². The summed E-state index contributed by atoms with van der Waals surface area (Å²) in [6.07, 6.45) is 0. The summed E-state index contributed by atoms with van der Waals surface area (Å²) in [4.78, 5) is 12.6. The molecule has 32 heavy (non-hydrogen) atoms. The van der Waals surface area contributed by atoms with Gasteiger partial charge >= 0.3 is 5.97 Å². The van der Waals surface area contributed by atoms with Gasteiger partial charge < -0.3 is 14.2 Å². The van der Waals surface area contributed by atoms with Gasteiger partial charge in [0.05, 0.1) is 27.8 Å². The number of carbonyl (C=O) groups excluding carboxylic acids is 1. The summed E-state index contributed by atoms with van der Waals surface area (Å²) in [5.41, 5.74) is 1.36. The summed E-state index contributed by atoms with van der Waals surface area (Å²) in [5, 5.41) is 8.85. The third kappa shape index (κ3) is 4.66. The molecule has 1 aliphatic rings. The maximum atomic E-state index is 12.9. The minimum atomic E-state index is -4.00. The summed E-state index contributed by atoms with van der Waals surface area (Å²) in [6.45, 7) is 0.709. The van der Waals surface area contributed by atoms with Crippen LogP contribution < -0.4 is 14.2 Å². The van der Waals surface area contributed by atoms with Crippen LogP contribution in [0.15, 0.2) is 71.6 Å². The van der Waals surface area contributed by atoms with E-state index in [-0.39, 0.29) is 22.8 Å². The molecule has 0 aliphatic carbocycles. The number of sulfonamides is 1. The van der Waals surface area contributed by atoms with Crippen LogP contribution >= 0.6 is 0 Å². The molecule has 0 saturated heterocycles. The van der Waals surface area contributed by atoms with Crippen molar-refractivity contribution in [1.29, 1.82) is 5.26 Å². The summed E-state index contributed by atoms with van der Waals surface area (Å²) >= 11 is 0. The highest BCUT2D eigenvalue weighted by molar-refractivity contribution is 7.92. The first-order valence-corrected chi connectivity index (χ1v) is 11.1. The van der Waals surface area contributed by atoms with Crippen molar-refractivity contribution in [3.8, 4) is 17.6 Å². The van der Waals surface area contributed by atoms with Gasteiger partial charge in [-0.1, -0.05) is 24.3 Å². The Labute approximate surface area is 185 Å². The van der Waals surface area contributed by atoms with Crippen LogP contribution in [0.4, 0.5) is 5.69 Å². The van der Waals surface area contributed by atoms with Gasteiger partial charge in [0.1, 0.15) is 19.8 Å². The molecule has 0 amide bonds. The number of hydrogen-bond donors (Lipinski definition) is 1. The van der Waals surface area contributed by atoms with E-state index in [0.717, 1.165) is 0 Å². The van der Waals surface area contributed by atoms with Crippen LogP contribution in [-0.2, 0) is 21.4 Å². The molecule has 3 aromatic carbocycles. The van der Waals surface area contributed by atoms with Crippen LogP contribution in [0.3, 0.4) is 0 Å². The third-order valence-corrected chi connectivity index (χ3v) is 6.03. The fourth-order valence-corrected chi connectivity index (χ4v) is 4.14. The van der Waals surface area contributed by atoms with E-state index in [9.17, 15) is 13.2 Å². The number of para-hydroxylation sites is 1. The molecule has 1 N–H and O–H groups in total. The molecule has 0 fully saturated rings. The number of nitrogens with one attached hydrogen (secondary N) is 1. The Morgan fingerprint density at radius 2 is 1.72 bits per heavy atom. The number of fused-ring (bicyclic) bond motifs is 1. The van der Waals surface area contributed by atoms with Gasteiger partial charge in [-0.3, -0.25) is 4.72 Å². The predicted octanol–water partition coefficient (Wildman–Crippen LogP) is 3.49. The highest BCUT2D eigenvalue weighted by Gasteiger charge is 2.22. The van der Waals surface area contributed by atoms with Crippen LogP contribution in [-0.4, -0.2) is 27.6 Å². The zero-order valence-corrected chi connectivity index (χ0v) is 17.6.